The van der Waals surface area contributed by atoms with Crippen LogP contribution in [0.1, 0.15) is 5.56 Å². The van der Waals surface area contributed by atoms with Crippen LogP contribution in [0, 0.1) is 0 Å². The molecular formula is C12H5Cl2F10N3S. The zero-order chi connectivity index (χ0) is 21.8. The highest BCUT2D eigenvalue weighted by Gasteiger charge is 3.00. The van der Waals surface area contributed by atoms with Crippen molar-refractivity contribution in [2.45, 2.75) is 22.4 Å². The summed E-state index contributed by atoms with van der Waals surface area (Å²) in [7, 11) is -10.2. The Morgan fingerprint density at radius 1 is 0.893 bits per heavy atom. The summed E-state index contributed by atoms with van der Waals surface area (Å²) in [5.41, 5.74) is -1.51. The summed E-state index contributed by atoms with van der Waals surface area (Å²) in [4.78, 5) is -2.48. The molecule has 1 fully saturated rings. The molecule has 0 atom stereocenters. The molecule has 1 saturated carbocycles. The van der Waals surface area contributed by atoms with Gasteiger partial charge in [-0.15, -0.1) is 0 Å². The van der Waals surface area contributed by atoms with Gasteiger partial charge >= 0.3 is 22.1 Å². The van der Waals surface area contributed by atoms with Crippen molar-refractivity contribution in [3.8, 4) is 5.69 Å². The van der Waals surface area contributed by atoms with Crippen molar-refractivity contribution in [2.24, 2.45) is 0 Å². The molecule has 1 aromatic carbocycles. The molecule has 0 spiro atoms. The minimum Gasteiger partial charge on any atom is -0.383 e. The van der Waals surface area contributed by atoms with E-state index in [0.29, 0.717) is 0 Å². The molecule has 0 amide bonds. The van der Waals surface area contributed by atoms with Crippen LogP contribution >= 0.6 is 33.4 Å². The summed E-state index contributed by atoms with van der Waals surface area (Å²) in [6, 6.07) is -0.479. The Labute approximate surface area is 158 Å². The van der Waals surface area contributed by atoms with Gasteiger partial charge in [0, 0.05) is 0 Å². The summed E-state index contributed by atoms with van der Waals surface area (Å²) in [5, 5.41) is 0.977. The number of alkyl halides is 5. The average Bonchev–Trinajstić information content (AvgIpc) is 2.75. The molecule has 0 bridgehead atoms. The van der Waals surface area contributed by atoms with Crippen LogP contribution in [0.2, 0.25) is 10.0 Å². The molecule has 1 heterocycles. The first-order chi connectivity index (χ1) is 12.2. The van der Waals surface area contributed by atoms with E-state index in [9.17, 15) is 41.4 Å². The van der Waals surface area contributed by atoms with Crippen molar-refractivity contribution in [2.75, 3.05) is 5.73 Å². The number of rotatable bonds is 3. The molecule has 2 aromatic rings. The number of nitrogen functional groups attached to an aromatic ring is 1. The number of hydrogen-bond acceptors (Lipinski definition) is 2. The van der Waals surface area contributed by atoms with E-state index in [1.54, 1.807) is 0 Å². The van der Waals surface area contributed by atoms with Crippen molar-refractivity contribution in [1.82, 2.24) is 9.78 Å². The average molecular weight is 484 g/mol. The van der Waals surface area contributed by atoms with Crippen molar-refractivity contribution in [3.05, 3.63) is 33.9 Å². The fourth-order valence-electron chi connectivity index (χ4n) is 2.49. The van der Waals surface area contributed by atoms with E-state index in [0.717, 1.165) is 0 Å². The molecule has 16 heteroatoms. The zero-order valence-corrected chi connectivity index (χ0v) is 15.0. The van der Waals surface area contributed by atoms with Gasteiger partial charge in [-0.3, -0.25) is 0 Å². The van der Waals surface area contributed by atoms with Gasteiger partial charge < -0.3 is 5.73 Å². The second-order valence-corrected chi connectivity index (χ2v) is 9.09. The molecule has 2 N–H and O–H groups in total. The number of anilines is 1. The lowest BCUT2D eigenvalue weighted by Crippen LogP contribution is -2.14. The lowest BCUT2D eigenvalue weighted by Gasteiger charge is -2.40. The quantitative estimate of drug-likeness (QED) is 0.484. The van der Waals surface area contributed by atoms with E-state index >= 15 is 0 Å². The second kappa shape index (κ2) is 4.78. The Hall–Kier alpha value is -1.54. The number of nitrogens with two attached hydrogens (primary N) is 1. The monoisotopic (exact) mass is 483 g/mol. The van der Waals surface area contributed by atoms with Gasteiger partial charge in [-0.05, 0) is 12.1 Å². The van der Waals surface area contributed by atoms with Crippen LogP contribution in [0.15, 0.2) is 23.2 Å². The smallest absolute Gasteiger partial charge is 0.357 e. The summed E-state index contributed by atoms with van der Waals surface area (Å²) >= 11 is 11.0. The van der Waals surface area contributed by atoms with E-state index in [2.05, 4.69) is 5.10 Å². The largest absolute Gasteiger partial charge is 0.383 e. The molecule has 1 aromatic heterocycles. The van der Waals surface area contributed by atoms with E-state index in [1.165, 1.54) is 0 Å². The first-order valence-electron chi connectivity index (χ1n) is 6.69. The summed E-state index contributed by atoms with van der Waals surface area (Å²) in [6.45, 7) is 0. The van der Waals surface area contributed by atoms with Gasteiger partial charge in [-0.25, -0.2) is 9.07 Å². The summed E-state index contributed by atoms with van der Waals surface area (Å²) < 4.78 is 131. The maximum Gasteiger partial charge on any atom is 0.357 e. The van der Waals surface area contributed by atoms with Crippen LogP contribution in [0.25, 0.3) is 5.69 Å². The first-order valence-corrected chi connectivity index (χ1v) is 9.39. The minimum atomic E-state index is -10.2. The van der Waals surface area contributed by atoms with Gasteiger partial charge in [0.15, 0.2) is 0 Å². The van der Waals surface area contributed by atoms with Gasteiger partial charge in [-0.1, -0.05) is 42.6 Å². The fourth-order valence-corrected chi connectivity index (χ4v) is 3.95. The highest BCUT2D eigenvalue weighted by molar-refractivity contribution is 8.45. The normalized spacial score (nSPS) is 22.4. The number of benzene rings is 1. The molecule has 0 unspecified atom stereocenters. The molecule has 3 rings (SSSR count). The molecular weight excluding hydrogens is 479 g/mol. The standard InChI is InChI=1S/C12H5Cl2F10N3S/c13-6-1-4(28(20,21,22,23)24)2-7(14)8(6)27-9(25)5(3-26-27)10(15)11(16,17)12(10,18)19/h1-3H,25H2. The maximum absolute atomic E-state index is 14.2. The Morgan fingerprint density at radius 2 is 1.32 bits per heavy atom. The van der Waals surface area contributed by atoms with Crippen molar-refractivity contribution in [3.63, 3.8) is 0 Å². The number of hydrogen-bond donors (Lipinski definition) is 1. The number of aromatic nitrogens is 2. The number of nitrogens with zero attached hydrogens (tertiary/aromatic N) is 2. The van der Waals surface area contributed by atoms with Crippen LogP contribution in [0.4, 0.5) is 47.2 Å². The molecule has 0 saturated heterocycles. The van der Waals surface area contributed by atoms with Crippen LogP contribution in [0.5, 0.6) is 0 Å². The van der Waals surface area contributed by atoms with Gasteiger partial charge in [0.2, 0.25) is 0 Å². The van der Waals surface area contributed by atoms with E-state index in [4.69, 9.17) is 28.9 Å². The Balaban J connectivity index is 2.18. The highest BCUT2D eigenvalue weighted by atomic mass is 35.5. The van der Waals surface area contributed by atoms with Crippen molar-refractivity contribution in [1.29, 1.82) is 0 Å². The van der Waals surface area contributed by atoms with Gasteiger partial charge in [-0.2, -0.15) is 22.7 Å². The topological polar surface area (TPSA) is 43.8 Å². The fraction of sp³-hybridized carbons (Fsp3) is 0.250. The third-order valence-electron chi connectivity index (χ3n) is 4.02. The van der Waals surface area contributed by atoms with E-state index in [-0.39, 0.29) is 23.0 Å². The SMILES string of the molecule is Nc1c(C2(F)C(F)(F)C2(F)F)cnn1-c1c(Cl)cc(S(F)(F)(F)(F)F)cc1Cl. The Morgan fingerprint density at radius 3 is 1.68 bits per heavy atom. The van der Waals surface area contributed by atoms with Crippen molar-refractivity contribution < 1.29 is 41.4 Å². The summed E-state index contributed by atoms with van der Waals surface area (Å²) in [5.74, 6) is -11.4. The third-order valence-corrected chi connectivity index (χ3v) is 5.73. The van der Waals surface area contributed by atoms with Crippen LogP contribution in [-0.2, 0) is 5.67 Å². The molecule has 0 aliphatic heterocycles. The predicted octanol–water partition coefficient (Wildman–Crippen LogP) is 6.87. The molecule has 28 heavy (non-hydrogen) atoms. The molecule has 1 aliphatic carbocycles. The van der Waals surface area contributed by atoms with Gasteiger partial charge in [0.25, 0.3) is 5.67 Å². The van der Waals surface area contributed by atoms with Crippen molar-refractivity contribution >= 4 is 39.2 Å². The Kier molecular flexibility index (Phi) is 3.61. The lowest BCUT2D eigenvalue weighted by atomic mass is 10.1. The maximum atomic E-state index is 14.2. The highest BCUT2D eigenvalue weighted by Crippen LogP contribution is 3.02. The number of halogens is 12. The Bertz CT molecular complexity index is 980. The van der Waals surface area contributed by atoms with Crippen LogP contribution in [-0.4, -0.2) is 21.6 Å². The first kappa shape index (κ1) is 21.2. The zero-order valence-electron chi connectivity index (χ0n) is 12.6. The molecule has 1 aliphatic rings. The van der Waals surface area contributed by atoms with E-state index < -0.39 is 59.7 Å². The molecule has 0 radical (unpaired) electrons. The van der Waals surface area contributed by atoms with Gasteiger partial charge in [0.1, 0.15) is 16.4 Å². The van der Waals surface area contributed by atoms with E-state index in [1.807, 2.05) is 0 Å². The second-order valence-electron chi connectivity index (χ2n) is 5.87. The van der Waals surface area contributed by atoms with Gasteiger partial charge in [0.05, 0.1) is 21.8 Å². The molecule has 158 valence electrons. The van der Waals surface area contributed by atoms with Crippen LogP contribution < -0.4 is 5.73 Å². The van der Waals surface area contributed by atoms with Crippen LogP contribution in [0.3, 0.4) is 0 Å². The summed E-state index contributed by atoms with van der Waals surface area (Å²) in [6.07, 6.45) is 0.176. The lowest BCUT2D eigenvalue weighted by molar-refractivity contribution is -0.0278. The predicted molar refractivity (Wildman–Crippen MR) is 82.1 cm³/mol. The minimum absolute atomic E-state index is 0.176. The third kappa shape index (κ3) is 2.56. The molecule has 3 nitrogen and oxygen atoms in total.